The van der Waals surface area contributed by atoms with Gasteiger partial charge in [-0.1, -0.05) is 6.92 Å². The smallest absolute Gasteiger partial charge is 0.262 e. The summed E-state index contributed by atoms with van der Waals surface area (Å²) in [5, 5.41) is 2.93. The second kappa shape index (κ2) is 6.03. The summed E-state index contributed by atoms with van der Waals surface area (Å²) in [6, 6.07) is 4.54. The zero-order valence-electron chi connectivity index (χ0n) is 10.9. The summed E-state index contributed by atoms with van der Waals surface area (Å²) in [5.41, 5.74) is 0.298. The lowest BCUT2D eigenvalue weighted by atomic mass is 10.1. The van der Waals surface area contributed by atoms with Crippen molar-refractivity contribution in [1.29, 1.82) is 0 Å². The molecule has 0 heterocycles. The first-order valence-electron chi connectivity index (χ1n) is 6.32. The summed E-state index contributed by atoms with van der Waals surface area (Å²) < 4.78 is 23.2. The van der Waals surface area contributed by atoms with Crippen LogP contribution in [-0.4, -0.2) is 20.4 Å². The molecule has 0 spiro atoms. The van der Waals surface area contributed by atoms with Gasteiger partial charge in [-0.2, -0.15) is 0 Å². The number of hydrogen-bond donors (Lipinski definition) is 1. The summed E-state index contributed by atoms with van der Waals surface area (Å²) in [4.78, 5) is 12.0. The highest BCUT2D eigenvalue weighted by Crippen LogP contribution is 2.27. The number of benzene rings is 1. The number of amides is 1. The van der Waals surface area contributed by atoms with Gasteiger partial charge in [0, 0.05) is 26.8 Å². The van der Waals surface area contributed by atoms with E-state index in [4.69, 9.17) is 10.7 Å². The maximum Gasteiger partial charge on any atom is 0.262 e. The highest BCUT2D eigenvalue weighted by atomic mass is 79.9. The summed E-state index contributed by atoms with van der Waals surface area (Å²) >= 11 is 3.12. The van der Waals surface area contributed by atoms with E-state index in [0.717, 1.165) is 19.3 Å². The van der Waals surface area contributed by atoms with Gasteiger partial charge in [0.05, 0.1) is 4.90 Å². The van der Waals surface area contributed by atoms with Crippen molar-refractivity contribution in [3.05, 3.63) is 28.2 Å². The lowest BCUT2D eigenvalue weighted by molar-refractivity contribution is 0.0937. The summed E-state index contributed by atoms with van der Waals surface area (Å²) in [6.07, 6.45) is 3.03. The molecular weight excluding hydrogens is 366 g/mol. The van der Waals surface area contributed by atoms with E-state index in [2.05, 4.69) is 28.2 Å². The molecular formula is C13H15BrClNO3S. The molecule has 0 radical (unpaired) electrons. The zero-order valence-corrected chi connectivity index (χ0v) is 14.1. The Balaban J connectivity index is 2.19. The van der Waals surface area contributed by atoms with Crippen molar-refractivity contribution in [1.82, 2.24) is 5.32 Å². The molecule has 110 valence electrons. The summed E-state index contributed by atoms with van der Waals surface area (Å²) in [6.45, 7) is 2.16. The normalized spacial score (nSPS) is 22.8. The fraction of sp³-hybridized carbons (Fsp3) is 0.462. The number of carbonyl (C=O) groups is 1. The summed E-state index contributed by atoms with van der Waals surface area (Å²) in [7, 11) is 1.46. The number of nitrogens with one attached hydrogen (secondary N) is 1. The first-order valence-corrected chi connectivity index (χ1v) is 9.42. The van der Waals surface area contributed by atoms with E-state index in [1.165, 1.54) is 12.1 Å². The fourth-order valence-corrected chi connectivity index (χ4v) is 4.56. The van der Waals surface area contributed by atoms with Gasteiger partial charge in [0.1, 0.15) is 0 Å². The largest absolute Gasteiger partial charge is 0.349 e. The Labute approximate surface area is 131 Å². The van der Waals surface area contributed by atoms with Gasteiger partial charge in [-0.05, 0) is 59.3 Å². The van der Waals surface area contributed by atoms with Gasteiger partial charge in [-0.3, -0.25) is 4.79 Å². The quantitative estimate of drug-likeness (QED) is 0.818. The van der Waals surface area contributed by atoms with Gasteiger partial charge in [0.2, 0.25) is 0 Å². The SMILES string of the molecule is CC1CCC(NC(=O)c2ccc(Br)c(S(=O)(=O)Cl)c2)C1. The molecule has 1 fully saturated rings. The minimum atomic E-state index is -3.88. The third-order valence-corrected chi connectivity index (χ3v) is 5.80. The average Bonchev–Trinajstić information content (AvgIpc) is 2.73. The molecule has 1 aromatic rings. The molecule has 4 nitrogen and oxygen atoms in total. The van der Waals surface area contributed by atoms with Crippen molar-refractivity contribution >= 4 is 41.6 Å². The van der Waals surface area contributed by atoms with Crippen molar-refractivity contribution in [2.75, 3.05) is 0 Å². The number of rotatable bonds is 3. The van der Waals surface area contributed by atoms with E-state index in [9.17, 15) is 13.2 Å². The molecule has 20 heavy (non-hydrogen) atoms. The van der Waals surface area contributed by atoms with Crippen LogP contribution in [0.15, 0.2) is 27.6 Å². The predicted molar refractivity (Wildman–Crippen MR) is 81.5 cm³/mol. The Morgan fingerprint density at radius 3 is 2.65 bits per heavy atom. The van der Waals surface area contributed by atoms with Gasteiger partial charge >= 0.3 is 0 Å². The molecule has 0 saturated heterocycles. The van der Waals surface area contributed by atoms with Crippen molar-refractivity contribution in [3.8, 4) is 0 Å². The van der Waals surface area contributed by atoms with E-state index < -0.39 is 9.05 Å². The molecule has 2 unspecified atom stereocenters. The van der Waals surface area contributed by atoms with Crippen LogP contribution in [0, 0.1) is 5.92 Å². The molecule has 2 atom stereocenters. The van der Waals surface area contributed by atoms with Crippen LogP contribution in [0.5, 0.6) is 0 Å². The van der Waals surface area contributed by atoms with E-state index in [0.29, 0.717) is 16.0 Å². The molecule has 7 heteroatoms. The second-order valence-electron chi connectivity index (χ2n) is 5.17. The standard InChI is InChI=1S/C13H15BrClNO3S/c1-8-2-4-10(6-8)16-13(17)9-3-5-11(14)12(7-9)20(15,18)19/h3,5,7-8,10H,2,4,6H2,1H3,(H,16,17). The third kappa shape index (κ3) is 3.74. The van der Waals surface area contributed by atoms with Crippen LogP contribution in [0.25, 0.3) is 0 Å². The number of carbonyl (C=O) groups excluding carboxylic acids is 1. The van der Waals surface area contributed by atoms with E-state index in [1.54, 1.807) is 6.07 Å². The molecule has 1 aliphatic rings. The van der Waals surface area contributed by atoms with Crippen LogP contribution >= 0.6 is 26.6 Å². The van der Waals surface area contributed by atoms with E-state index in [1.807, 2.05) is 0 Å². The average molecular weight is 381 g/mol. The van der Waals surface area contributed by atoms with Crippen molar-refractivity contribution in [2.24, 2.45) is 5.92 Å². The van der Waals surface area contributed by atoms with Gasteiger partial charge in [-0.25, -0.2) is 8.42 Å². The fourth-order valence-electron chi connectivity index (χ4n) is 2.44. The predicted octanol–water partition coefficient (Wildman–Crippen LogP) is 3.30. The Morgan fingerprint density at radius 1 is 1.40 bits per heavy atom. The summed E-state index contributed by atoms with van der Waals surface area (Å²) in [5.74, 6) is 0.349. The molecule has 1 saturated carbocycles. The van der Waals surface area contributed by atoms with Gasteiger partial charge in [-0.15, -0.1) is 0 Å². The highest BCUT2D eigenvalue weighted by molar-refractivity contribution is 9.10. The monoisotopic (exact) mass is 379 g/mol. The molecule has 0 aromatic heterocycles. The van der Waals surface area contributed by atoms with Crippen LogP contribution in [0.1, 0.15) is 36.5 Å². The molecule has 0 bridgehead atoms. The zero-order chi connectivity index (χ0) is 14.9. The highest BCUT2D eigenvalue weighted by Gasteiger charge is 2.24. The molecule has 1 aliphatic carbocycles. The Bertz CT molecular complexity index is 633. The van der Waals surface area contributed by atoms with Crippen LogP contribution < -0.4 is 5.32 Å². The minimum Gasteiger partial charge on any atom is -0.349 e. The van der Waals surface area contributed by atoms with Crippen LogP contribution in [0.3, 0.4) is 0 Å². The first-order chi connectivity index (χ1) is 9.27. The molecule has 0 aliphatic heterocycles. The van der Waals surface area contributed by atoms with Crippen LogP contribution in [-0.2, 0) is 9.05 Å². The lowest BCUT2D eigenvalue weighted by Crippen LogP contribution is -2.32. The van der Waals surface area contributed by atoms with Crippen molar-refractivity contribution in [3.63, 3.8) is 0 Å². The number of halogens is 2. The van der Waals surface area contributed by atoms with E-state index >= 15 is 0 Å². The Kier molecular flexibility index (Phi) is 4.76. The third-order valence-electron chi connectivity index (χ3n) is 3.49. The van der Waals surface area contributed by atoms with E-state index in [-0.39, 0.29) is 16.8 Å². The molecule has 1 amide bonds. The topological polar surface area (TPSA) is 63.2 Å². The minimum absolute atomic E-state index is 0.0911. The van der Waals surface area contributed by atoms with Gasteiger partial charge < -0.3 is 5.32 Å². The molecule has 1 N–H and O–H groups in total. The van der Waals surface area contributed by atoms with Crippen LogP contribution in [0.4, 0.5) is 0 Å². The Hall–Kier alpha value is -0.590. The van der Waals surface area contributed by atoms with Gasteiger partial charge in [0.25, 0.3) is 15.0 Å². The number of hydrogen-bond acceptors (Lipinski definition) is 3. The molecule has 2 rings (SSSR count). The van der Waals surface area contributed by atoms with Crippen molar-refractivity contribution in [2.45, 2.75) is 37.1 Å². The second-order valence-corrected chi connectivity index (χ2v) is 8.56. The first kappa shape index (κ1) is 15.8. The lowest BCUT2D eigenvalue weighted by Gasteiger charge is -2.13. The maximum absolute atomic E-state index is 12.1. The van der Waals surface area contributed by atoms with Gasteiger partial charge in [0.15, 0.2) is 0 Å². The molecule has 1 aromatic carbocycles. The maximum atomic E-state index is 12.1. The Morgan fingerprint density at radius 2 is 2.10 bits per heavy atom. The van der Waals surface area contributed by atoms with Crippen LogP contribution in [0.2, 0.25) is 0 Å². The van der Waals surface area contributed by atoms with Crippen molar-refractivity contribution < 1.29 is 13.2 Å².